The molecule has 3 amide bonds. The molecule has 0 saturated carbocycles. The Bertz CT molecular complexity index is 2380. The molecule has 0 fully saturated rings. The minimum Gasteiger partial charge on any atom is -0.491 e. The molecule has 5 rings (SSSR count). The molecule has 15 nitrogen and oxygen atoms in total. The summed E-state index contributed by atoms with van der Waals surface area (Å²) in [6, 6.07) is 29.6. The average molecular weight is 963 g/mol. The molecule has 67 heavy (non-hydrogen) atoms. The van der Waals surface area contributed by atoms with Crippen molar-refractivity contribution in [2.75, 3.05) is 40.0 Å². The Kier molecular flexibility index (Phi) is 23.7. The van der Waals surface area contributed by atoms with Gasteiger partial charge in [0.2, 0.25) is 11.8 Å². The van der Waals surface area contributed by atoms with Crippen molar-refractivity contribution < 1.29 is 38.1 Å². The fraction of sp³-hybridized carbons (Fsp3) is 0.380. The zero-order valence-electron chi connectivity index (χ0n) is 38.4. The average Bonchev–Trinajstić information content (AvgIpc) is 3.30. The number of carbonyl (C=O) groups excluding carboxylic acids is 4. The van der Waals surface area contributed by atoms with E-state index in [1.165, 1.54) is 0 Å². The zero-order chi connectivity index (χ0) is 46.6. The molecule has 0 radical (unpaired) electrons. The lowest BCUT2D eigenvalue weighted by Gasteiger charge is -2.26. The van der Waals surface area contributed by atoms with Crippen molar-refractivity contribution in [2.24, 2.45) is 28.1 Å². The molecule has 9 N–H and O–H groups in total. The Morgan fingerprint density at radius 3 is 1.78 bits per heavy atom. The monoisotopic (exact) mass is 961 g/mol. The van der Waals surface area contributed by atoms with Crippen LogP contribution in [0.3, 0.4) is 0 Å². The third kappa shape index (κ3) is 16.9. The van der Waals surface area contributed by atoms with Crippen LogP contribution in [0, 0.1) is 5.92 Å². The molecule has 0 aliphatic carbocycles. The minimum atomic E-state index is -1.11. The second kappa shape index (κ2) is 28.8. The van der Waals surface area contributed by atoms with Gasteiger partial charge in [0.05, 0.1) is 6.61 Å². The molecule has 3 atom stereocenters. The van der Waals surface area contributed by atoms with E-state index in [-0.39, 0.29) is 62.7 Å². The normalized spacial score (nSPS) is 12.1. The fourth-order valence-corrected chi connectivity index (χ4v) is 7.47. The first kappa shape index (κ1) is 55.2. The molecule has 17 heteroatoms. The highest BCUT2D eigenvalue weighted by atomic mass is 35.5. The number of esters is 1. The number of hydrogen-bond donors (Lipinski definition) is 6. The van der Waals surface area contributed by atoms with Crippen molar-refractivity contribution in [3.05, 3.63) is 109 Å². The van der Waals surface area contributed by atoms with E-state index in [2.05, 4.69) is 20.9 Å². The maximum atomic E-state index is 14.2. The topological polar surface area (TPSA) is 232 Å². The first-order valence-electron chi connectivity index (χ1n) is 22.1. The summed E-state index contributed by atoms with van der Waals surface area (Å²) >= 11 is 0. The lowest BCUT2D eigenvalue weighted by Crippen LogP contribution is -2.56. The van der Waals surface area contributed by atoms with Gasteiger partial charge in [-0.2, -0.15) is 0 Å². The summed E-state index contributed by atoms with van der Waals surface area (Å²) in [5, 5.41) is 12.3. The summed E-state index contributed by atoms with van der Waals surface area (Å²) in [6.07, 6.45) is 2.10. The Labute approximate surface area is 405 Å². The number of ether oxygens (including phenoxy) is 4. The number of unbranched alkanes of at least 4 members (excludes halogenated alkanes) is 1. The van der Waals surface area contributed by atoms with E-state index in [1.54, 1.807) is 7.11 Å². The van der Waals surface area contributed by atoms with Crippen LogP contribution < -0.4 is 42.6 Å². The number of amides is 3. The van der Waals surface area contributed by atoms with Crippen molar-refractivity contribution in [1.29, 1.82) is 0 Å². The van der Waals surface area contributed by atoms with Gasteiger partial charge >= 0.3 is 5.97 Å². The summed E-state index contributed by atoms with van der Waals surface area (Å²) in [4.78, 5) is 59.4. The van der Waals surface area contributed by atoms with Gasteiger partial charge in [-0.1, -0.05) is 105 Å². The molecular formula is C50H65Cl2N7O8. The third-order valence-corrected chi connectivity index (χ3v) is 10.6. The van der Waals surface area contributed by atoms with E-state index in [0.29, 0.717) is 56.9 Å². The van der Waals surface area contributed by atoms with Crippen molar-refractivity contribution in [3.8, 4) is 22.6 Å². The number of rotatable bonds is 26. The van der Waals surface area contributed by atoms with Crippen LogP contribution in [0.2, 0.25) is 0 Å². The highest BCUT2D eigenvalue weighted by Crippen LogP contribution is 2.45. The highest BCUT2D eigenvalue weighted by Gasteiger charge is 2.31. The Hall–Kier alpha value is -6.13. The summed E-state index contributed by atoms with van der Waals surface area (Å²) in [7, 11) is 1.61. The van der Waals surface area contributed by atoms with Gasteiger partial charge < -0.3 is 52.1 Å². The second-order valence-electron chi connectivity index (χ2n) is 16.1. The first-order valence-corrected chi connectivity index (χ1v) is 22.1. The molecule has 0 aliphatic rings. The van der Waals surface area contributed by atoms with E-state index in [9.17, 15) is 19.2 Å². The molecule has 5 aromatic rings. The Morgan fingerprint density at radius 1 is 0.642 bits per heavy atom. The number of nitrogens with one attached hydrogen (secondary N) is 3. The van der Waals surface area contributed by atoms with Crippen LogP contribution in [0.1, 0.15) is 57.9 Å². The highest BCUT2D eigenvalue weighted by molar-refractivity contribution is 6.10. The predicted octanol–water partition coefficient (Wildman–Crippen LogP) is 6.33. The first-order chi connectivity index (χ1) is 31.5. The predicted molar refractivity (Wildman–Crippen MR) is 269 cm³/mol. The fourth-order valence-electron chi connectivity index (χ4n) is 7.47. The van der Waals surface area contributed by atoms with Crippen molar-refractivity contribution in [3.63, 3.8) is 0 Å². The number of guanidine groups is 1. The summed E-state index contributed by atoms with van der Waals surface area (Å²) in [5.41, 5.74) is 19.2. The molecule has 0 bridgehead atoms. The molecule has 0 unspecified atom stereocenters. The second-order valence-corrected chi connectivity index (χ2v) is 16.1. The van der Waals surface area contributed by atoms with Crippen LogP contribution in [-0.2, 0) is 35.3 Å². The van der Waals surface area contributed by atoms with E-state index < -0.39 is 48.4 Å². The number of nitrogens with two attached hydrogens (primary N) is 3. The van der Waals surface area contributed by atoms with Gasteiger partial charge in [-0.15, -0.1) is 24.8 Å². The number of carbonyl (C=O) groups is 4. The van der Waals surface area contributed by atoms with Gasteiger partial charge in [0.25, 0.3) is 5.91 Å². The van der Waals surface area contributed by atoms with Gasteiger partial charge in [0, 0.05) is 24.8 Å². The number of methoxy groups -OCH3 is 1. The van der Waals surface area contributed by atoms with Gasteiger partial charge in [-0.3, -0.25) is 19.4 Å². The number of nitrogens with zero attached hydrogens (tertiary/aromatic N) is 1. The van der Waals surface area contributed by atoms with Crippen LogP contribution in [-0.4, -0.2) is 87.8 Å². The summed E-state index contributed by atoms with van der Waals surface area (Å²) in [5.74, 6) is -1.37. The number of benzene rings is 5. The largest absolute Gasteiger partial charge is 0.491 e. The number of fused-ring (bicyclic) bond motifs is 2. The standard InChI is InChI=1S/C50H63N7O8.2ClH/c1-33(2)30-41(49(61)65-31-34-14-5-4-6-15-34)57-48(60)40(21-13-27-54-50(52)53)56-47(59)39(20-11-12-26-51)55-44(58)32-64-43-25-23-36-17-8-10-19-38(36)46(43)45-37-18-9-7-16-35(37)22-24-42(45)63-29-28-62-3;;/h4-10,14-19,22-25,33,39-41H,11-13,20-21,26-32,51H2,1-3H3,(H,55,58)(H,56,59)(H,57,60)(H4,52,53,54);2*1H/t39-,40-,41+;;/m1../s1. The van der Waals surface area contributed by atoms with Gasteiger partial charge in [-0.05, 0) is 90.2 Å². The number of aliphatic imine (C=N–C) groups is 1. The molecular weight excluding hydrogens is 897 g/mol. The van der Waals surface area contributed by atoms with E-state index in [1.807, 2.05) is 117 Å². The Balaban J connectivity index is 0.00000595. The molecule has 0 heterocycles. The summed E-state index contributed by atoms with van der Waals surface area (Å²) in [6.45, 7) is 4.74. The van der Waals surface area contributed by atoms with E-state index in [0.717, 1.165) is 38.2 Å². The molecule has 0 aromatic heterocycles. The van der Waals surface area contributed by atoms with Crippen LogP contribution in [0.15, 0.2) is 108 Å². The van der Waals surface area contributed by atoms with E-state index in [4.69, 9.17) is 36.1 Å². The number of hydrogen-bond acceptors (Lipinski definition) is 10. The van der Waals surface area contributed by atoms with Crippen LogP contribution in [0.4, 0.5) is 0 Å². The SMILES string of the molecule is COCCOc1ccc2ccccc2c1-c1c(OCC(=O)N[C@H](CCCCN)C(=O)N[C@H](CCCN=C(N)N)C(=O)N[C@@H](CC(C)C)C(=O)OCc2ccccc2)ccc2ccccc12.Cl.Cl. The zero-order valence-corrected chi connectivity index (χ0v) is 40.0. The summed E-state index contributed by atoms with van der Waals surface area (Å²) < 4.78 is 23.5. The van der Waals surface area contributed by atoms with Gasteiger partial charge in [-0.25, -0.2) is 4.79 Å². The van der Waals surface area contributed by atoms with Crippen LogP contribution >= 0.6 is 24.8 Å². The number of halogens is 2. The maximum Gasteiger partial charge on any atom is 0.328 e. The third-order valence-electron chi connectivity index (χ3n) is 10.6. The van der Waals surface area contributed by atoms with Crippen molar-refractivity contribution in [2.45, 2.75) is 77.1 Å². The molecule has 5 aromatic carbocycles. The van der Waals surface area contributed by atoms with Gasteiger partial charge in [0.1, 0.15) is 42.8 Å². The molecule has 362 valence electrons. The lowest BCUT2D eigenvalue weighted by molar-refractivity contribution is -0.150. The smallest absolute Gasteiger partial charge is 0.328 e. The Morgan fingerprint density at radius 2 is 1.19 bits per heavy atom. The van der Waals surface area contributed by atoms with Crippen LogP contribution in [0.5, 0.6) is 11.5 Å². The minimum absolute atomic E-state index is 0. The van der Waals surface area contributed by atoms with Gasteiger partial charge in [0.15, 0.2) is 12.6 Å². The van der Waals surface area contributed by atoms with Crippen molar-refractivity contribution in [1.82, 2.24) is 16.0 Å². The van der Waals surface area contributed by atoms with Crippen LogP contribution in [0.25, 0.3) is 32.7 Å². The molecule has 0 spiro atoms. The lowest BCUT2D eigenvalue weighted by atomic mass is 9.92. The van der Waals surface area contributed by atoms with Crippen molar-refractivity contribution >= 4 is 76.0 Å². The molecule has 0 aliphatic heterocycles. The quantitative estimate of drug-likeness (QED) is 0.0155. The van der Waals surface area contributed by atoms with E-state index >= 15 is 0 Å². The maximum absolute atomic E-state index is 14.2. The molecule has 0 saturated heterocycles.